The monoisotopic (exact) mass is 437 g/mol. The van der Waals surface area contributed by atoms with Crippen LogP contribution >= 0.6 is 0 Å². The third-order valence-electron chi connectivity index (χ3n) is 5.51. The van der Waals surface area contributed by atoms with E-state index in [1.165, 1.54) is 35.9 Å². The van der Waals surface area contributed by atoms with Gasteiger partial charge in [0, 0.05) is 38.2 Å². The van der Waals surface area contributed by atoms with E-state index in [0.29, 0.717) is 24.0 Å². The predicted octanol–water partition coefficient (Wildman–Crippen LogP) is 2.90. The first-order valence-corrected chi connectivity index (χ1v) is 10.0. The van der Waals surface area contributed by atoms with Gasteiger partial charge in [-0.1, -0.05) is 12.1 Å². The number of halogens is 2. The van der Waals surface area contributed by atoms with Crippen molar-refractivity contribution in [3.63, 3.8) is 0 Å². The van der Waals surface area contributed by atoms with Crippen molar-refractivity contribution in [3.05, 3.63) is 63.9 Å². The molecule has 2 N–H and O–H groups in total. The highest BCUT2D eigenvalue weighted by atomic mass is 19.1. The maximum absolute atomic E-state index is 14.4. The van der Waals surface area contributed by atoms with Crippen LogP contribution < -0.4 is 20.9 Å². The van der Waals surface area contributed by atoms with Crippen LogP contribution in [-0.4, -0.2) is 36.3 Å². The number of aromatic nitrogens is 2. The quantitative estimate of drug-likeness (QED) is 0.616. The minimum Gasteiger partial charge on any atom is -0.494 e. The minimum atomic E-state index is -0.727. The van der Waals surface area contributed by atoms with E-state index in [1.54, 1.807) is 19.2 Å². The number of nitriles is 1. The molecule has 1 aromatic heterocycles. The summed E-state index contributed by atoms with van der Waals surface area (Å²) in [4.78, 5) is 18.0. The number of benzene rings is 2. The highest BCUT2D eigenvalue weighted by Crippen LogP contribution is 2.32. The van der Waals surface area contributed by atoms with Gasteiger partial charge in [-0.3, -0.25) is 9.36 Å². The van der Waals surface area contributed by atoms with E-state index >= 15 is 0 Å². The zero-order valence-electron chi connectivity index (χ0n) is 17.6. The molecule has 0 bridgehead atoms. The van der Waals surface area contributed by atoms with E-state index in [-0.39, 0.29) is 28.1 Å². The molecule has 1 saturated heterocycles. The van der Waals surface area contributed by atoms with Crippen LogP contribution in [0.1, 0.15) is 5.56 Å². The lowest BCUT2D eigenvalue weighted by molar-refractivity contribution is 0.364. The molecule has 0 aliphatic carbocycles. The van der Waals surface area contributed by atoms with Gasteiger partial charge in [-0.15, -0.1) is 0 Å². The van der Waals surface area contributed by atoms with Gasteiger partial charge in [-0.25, -0.2) is 13.8 Å². The Hall–Kier alpha value is -3.77. The molecule has 1 aliphatic rings. The molecule has 1 aliphatic heterocycles. The zero-order chi connectivity index (χ0) is 22.8. The molecular formula is C23H21F2N5O2. The third-order valence-corrected chi connectivity index (χ3v) is 5.51. The van der Waals surface area contributed by atoms with Crippen molar-refractivity contribution in [2.45, 2.75) is 0 Å². The summed E-state index contributed by atoms with van der Waals surface area (Å²) in [5.74, 6) is -0.590. The van der Waals surface area contributed by atoms with E-state index in [4.69, 9.17) is 10.00 Å². The Morgan fingerprint density at radius 3 is 2.53 bits per heavy atom. The molecule has 164 valence electrons. The third kappa shape index (κ3) is 3.92. The average molecular weight is 437 g/mol. The lowest BCUT2D eigenvalue weighted by Gasteiger charge is -2.27. The number of nitrogens with zero attached hydrogens (tertiary/aromatic N) is 3. The largest absolute Gasteiger partial charge is 0.494 e. The topological polar surface area (TPSA) is 92.0 Å². The Labute approximate surface area is 183 Å². The van der Waals surface area contributed by atoms with Gasteiger partial charge in [0.2, 0.25) is 5.95 Å². The molecule has 0 radical (unpaired) electrons. The Kier molecular flexibility index (Phi) is 5.88. The van der Waals surface area contributed by atoms with Gasteiger partial charge in [0.15, 0.2) is 11.6 Å². The molecule has 1 fully saturated rings. The molecule has 9 heteroatoms. The molecule has 3 aromatic rings. The van der Waals surface area contributed by atoms with Crippen molar-refractivity contribution < 1.29 is 13.5 Å². The van der Waals surface area contributed by atoms with E-state index in [0.717, 1.165) is 19.2 Å². The summed E-state index contributed by atoms with van der Waals surface area (Å²) in [6, 6.07) is 9.94. The first-order chi connectivity index (χ1) is 15.4. The number of hydrogen-bond donors (Lipinski definition) is 2. The van der Waals surface area contributed by atoms with E-state index in [1.807, 2.05) is 0 Å². The summed E-state index contributed by atoms with van der Waals surface area (Å²) in [5, 5.41) is 15.4. The van der Waals surface area contributed by atoms with Crippen LogP contribution in [0.4, 0.5) is 14.7 Å². The van der Waals surface area contributed by atoms with Crippen molar-refractivity contribution in [2.24, 2.45) is 13.0 Å². The van der Waals surface area contributed by atoms with Crippen LogP contribution in [0.3, 0.4) is 0 Å². The SMILES string of the molecule is COc1ccc(-c2c(-c3ccc(C#N)c(F)c3)nc(NCC3CNC3)n(C)c2=O)cc1F. The summed E-state index contributed by atoms with van der Waals surface area (Å²) in [6.07, 6.45) is 0. The smallest absolute Gasteiger partial charge is 0.263 e. The van der Waals surface area contributed by atoms with Crippen molar-refractivity contribution >= 4 is 5.95 Å². The van der Waals surface area contributed by atoms with Crippen molar-refractivity contribution in [1.29, 1.82) is 5.26 Å². The summed E-state index contributed by atoms with van der Waals surface area (Å²) < 4.78 is 35.1. The van der Waals surface area contributed by atoms with Crippen molar-refractivity contribution in [3.8, 4) is 34.2 Å². The maximum atomic E-state index is 14.4. The van der Waals surface area contributed by atoms with Gasteiger partial charge in [-0.05, 0) is 29.8 Å². The summed E-state index contributed by atoms with van der Waals surface area (Å²) in [5.41, 5.74) is 0.359. The van der Waals surface area contributed by atoms with Gasteiger partial charge in [0.05, 0.1) is 23.9 Å². The fourth-order valence-corrected chi connectivity index (χ4v) is 3.53. The first kappa shape index (κ1) is 21.5. The predicted molar refractivity (Wildman–Crippen MR) is 116 cm³/mol. The second-order valence-corrected chi connectivity index (χ2v) is 7.58. The van der Waals surface area contributed by atoms with E-state index < -0.39 is 17.2 Å². The van der Waals surface area contributed by atoms with Gasteiger partial charge in [0.25, 0.3) is 5.56 Å². The summed E-state index contributed by atoms with van der Waals surface area (Å²) >= 11 is 0. The van der Waals surface area contributed by atoms with Crippen LogP contribution in [0.15, 0.2) is 41.2 Å². The van der Waals surface area contributed by atoms with Crippen LogP contribution in [0.2, 0.25) is 0 Å². The summed E-state index contributed by atoms with van der Waals surface area (Å²) in [7, 11) is 2.92. The molecule has 2 heterocycles. The van der Waals surface area contributed by atoms with Gasteiger partial charge in [0.1, 0.15) is 11.9 Å². The zero-order valence-corrected chi connectivity index (χ0v) is 17.6. The molecule has 2 aromatic carbocycles. The Morgan fingerprint density at radius 1 is 1.22 bits per heavy atom. The second-order valence-electron chi connectivity index (χ2n) is 7.58. The van der Waals surface area contributed by atoms with E-state index in [9.17, 15) is 13.6 Å². The molecule has 0 amide bonds. The number of nitrogens with one attached hydrogen (secondary N) is 2. The highest BCUT2D eigenvalue weighted by Gasteiger charge is 2.22. The molecule has 7 nitrogen and oxygen atoms in total. The van der Waals surface area contributed by atoms with Crippen LogP contribution in [0.5, 0.6) is 5.75 Å². The molecule has 4 rings (SSSR count). The van der Waals surface area contributed by atoms with Gasteiger partial charge in [-0.2, -0.15) is 5.26 Å². The fraction of sp³-hybridized carbons (Fsp3) is 0.261. The molecule has 0 atom stereocenters. The normalized spacial score (nSPS) is 13.3. The van der Waals surface area contributed by atoms with Gasteiger partial charge < -0.3 is 15.4 Å². The molecule has 0 unspecified atom stereocenters. The second kappa shape index (κ2) is 8.77. The molecule has 0 spiro atoms. The number of anilines is 1. The van der Waals surface area contributed by atoms with E-state index in [2.05, 4.69) is 15.6 Å². The lowest BCUT2D eigenvalue weighted by Crippen LogP contribution is -2.45. The Morgan fingerprint density at radius 2 is 1.94 bits per heavy atom. The Balaban J connectivity index is 1.90. The average Bonchev–Trinajstić information content (AvgIpc) is 2.75. The standard InChI is InChI=1S/C23H21F2N5O2/c1-30-22(31)20(14-5-6-19(32-2)18(25)7-14)21(15-3-4-16(9-26)17(24)8-15)29-23(30)28-12-13-10-27-11-13/h3-8,13,27H,10-12H2,1-2H3,(H,28,29). The molecular weight excluding hydrogens is 416 g/mol. The summed E-state index contributed by atoms with van der Waals surface area (Å²) in [6.45, 7) is 2.36. The molecule has 32 heavy (non-hydrogen) atoms. The van der Waals surface area contributed by atoms with Crippen LogP contribution in [0.25, 0.3) is 22.4 Å². The van der Waals surface area contributed by atoms with Crippen LogP contribution in [0, 0.1) is 28.9 Å². The highest BCUT2D eigenvalue weighted by molar-refractivity contribution is 5.81. The maximum Gasteiger partial charge on any atom is 0.263 e. The van der Waals surface area contributed by atoms with Crippen molar-refractivity contribution in [1.82, 2.24) is 14.9 Å². The lowest BCUT2D eigenvalue weighted by atomic mass is 9.99. The minimum absolute atomic E-state index is 0.0388. The van der Waals surface area contributed by atoms with Crippen molar-refractivity contribution in [2.75, 3.05) is 32.1 Å². The van der Waals surface area contributed by atoms with Gasteiger partial charge >= 0.3 is 0 Å². The molecule has 0 saturated carbocycles. The first-order valence-electron chi connectivity index (χ1n) is 10.0. The number of rotatable bonds is 6. The number of methoxy groups -OCH3 is 1. The number of hydrogen-bond acceptors (Lipinski definition) is 6. The van der Waals surface area contributed by atoms with Crippen LogP contribution in [-0.2, 0) is 7.05 Å². The number of ether oxygens (including phenoxy) is 1. The fourth-order valence-electron chi connectivity index (χ4n) is 3.53. The Bertz CT molecular complexity index is 1280.